The number of hydrogen-bond acceptors (Lipinski definition) is 4. The molecule has 0 radical (unpaired) electrons. The lowest BCUT2D eigenvalue weighted by molar-refractivity contribution is -0.138. The SMILES string of the molecule is CN(CCC1(c2ccc(Cl)cc2)OCc2cc(-c3ccc(CN)cc3)ccc21)CC(=O)O. The van der Waals surface area contributed by atoms with E-state index in [1.165, 1.54) is 0 Å². The van der Waals surface area contributed by atoms with Gasteiger partial charge in [0.1, 0.15) is 5.60 Å². The summed E-state index contributed by atoms with van der Waals surface area (Å²) in [6.07, 6.45) is 0.635. The summed E-state index contributed by atoms with van der Waals surface area (Å²) in [6.45, 7) is 1.59. The Kier molecular flexibility index (Phi) is 6.63. The third-order valence-corrected chi connectivity index (χ3v) is 6.35. The van der Waals surface area contributed by atoms with E-state index in [9.17, 15) is 4.79 Å². The molecule has 0 amide bonds. The number of likely N-dealkylation sites (N-methyl/N-ethyl adjacent to an activating group) is 1. The first-order chi connectivity index (χ1) is 15.4. The van der Waals surface area contributed by atoms with Crippen LogP contribution in [0.5, 0.6) is 0 Å². The van der Waals surface area contributed by atoms with Gasteiger partial charge in [-0.15, -0.1) is 0 Å². The molecule has 0 spiro atoms. The number of carbonyl (C=O) groups is 1. The van der Waals surface area contributed by atoms with Crippen LogP contribution in [0.15, 0.2) is 66.7 Å². The average Bonchev–Trinajstić information content (AvgIpc) is 3.17. The van der Waals surface area contributed by atoms with Crippen molar-refractivity contribution < 1.29 is 14.6 Å². The minimum Gasteiger partial charge on any atom is -0.480 e. The van der Waals surface area contributed by atoms with Gasteiger partial charge in [-0.25, -0.2) is 0 Å². The van der Waals surface area contributed by atoms with Crippen LogP contribution in [-0.4, -0.2) is 36.1 Å². The van der Waals surface area contributed by atoms with E-state index < -0.39 is 11.6 Å². The van der Waals surface area contributed by atoms with Gasteiger partial charge >= 0.3 is 5.97 Å². The fraction of sp³-hybridized carbons (Fsp3) is 0.269. The summed E-state index contributed by atoms with van der Waals surface area (Å²) in [5.41, 5.74) is 11.7. The van der Waals surface area contributed by atoms with Crippen molar-refractivity contribution >= 4 is 17.6 Å². The predicted molar refractivity (Wildman–Crippen MR) is 127 cm³/mol. The topological polar surface area (TPSA) is 75.8 Å². The van der Waals surface area contributed by atoms with Crippen LogP contribution < -0.4 is 5.73 Å². The fourth-order valence-electron chi connectivity index (χ4n) is 4.37. The quantitative estimate of drug-likeness (QED) is 0.522. The average molecular weight is 451 g/mol. The first-order valence-electron chi connectivity index (χ1n) is 10.6. The van der Waals surface area contributed by atoms with Gasteiger partial charge in [0.2, 0.25) is 0 Å². The number of halogens is 1. The molecule has 166 valence electrons. The maximum absolute atomic E-state index is 11.1. The molecule has 4 rings (SSSR count). The zero-order chi connectivity index (χ0) is 22.7. The molecule has 1 aliphatic rings. The zero-order valence-electron chi connectivity index (χ0n) is 18.1. The number of carboxylic acid groups (broad SMARTS) is 1. The van der Waals surface area contributed by atoms with E-state index in [2.05, 4.69) is 42.5 Å². The van der Waals surface area contributed by atoms with Crippen LogP contribution in [0.4, 0.5) is 0 Å². The Morgan fingerprint density at radius 1 is 1.09 bits per heavy atom. The molecule has 1 atom stereocenters. The molecule has 0 saturated heterocycles. The highest BCUT2D eigenvalue weighted by atomic mass is 35.5. The van der Waals surface area contributed by atoms with Gasteiger partial charge in [0.25, 0.3) is 0 Å². The van der Waals surface area contributed by atoms with Crippen molar-refractivity contribution in [1.29, 1.82) is 0 Å². The lowest BCUT2D eigenvalue weighted by atomic mass is 9.82. The standard InChI is InChI=1S/C26H27ClN2O3/c1-29(16-25(30)31)13-12-26(22-7-9-23(27)10-8-22)24-11-6-20(14-21(24)17-32-26)19-4-2-18(15-28)3-5-19/h2-11,14H,12-13,15-17,28H2,1H3,(H,30,31). The summed E-state index contributed by atoms with van der Waals surface area (Å²) in [5.74, 6) is -0.842. The molecule has 1 aliphatic heterocycles. The fourth-order valence-corrected chi connectivity index (χ4v) is 4.49. The number of benzene rings is 3. The van der Waals surface area contributed by atoms with Gasteiger partial charge in [0.15, 0.2) is 0 Å². The molecule has 3 aromatic carbocycles. The minimum atomic E-state index is -0.842. The normalized spacial score (nSPS) is 17.5. The third-order valence-electron chi connectivity index (χ3n) is 6.10. The van der Waals surface area contributed by atoms with Gasteiger partial charge in [0.05, 0.1) is 13.2 Å². The minimum absolute atomic E-state index is 0.0126. The highest BCUT2D eigenvalue weighted by molar-refractivity contribution is 6.30. The Bertz CT molecular complexity index is 1100. The van der Waals surface area contributed by atoms with Gasteiger partial charge in [0, 0.05) is 18.1 Å². The van der Waals surface area contributed by atoms with Crippen molar-refractivity contribution in [2.45, 2.75) is 25.2 Å². The summed E-state index contributed by atoms with van der Waals surface area (Å²) < 4.78 is 6.49. The van der Waals surface area contributed by atoms with Crippen molar-refractivity contribution in [3.05, 3.63) is 94.0 Å². The number of aliphatic carboxylic acids is 1. The van der Waals surface area contributed by atoms with E-state index in [1.807, 2.05) is 31.3 Å². The molecule has 5 nitrogen and oxygen atoms in total. The Hall–Kier alpha value is -2.70. The number of nitrogens with zero attached hydrogens (tertiary/aromatic N) is 1. The Morgan fingerprint density at radius 2 is 1.78 bits per heavy atom. The van der Waals surface area contributed by atoms with Crippen LogP contribution in [0.3, 0.4) is 0 Å². The van der Waals surface area contributed by atoms with Crippen LogP contribution in [0, 0.1) is 0 Å². The number of fused-ring (bicyclic) bond motifs is 1. The van der Waals surface area contributed by atoms with Crippen molar-refractivity contribution in [1.82, 2.24) is 4.90 Å². The van der Waals surface area contributed by atoms with Crippen LogP contribution in [0.1, 0.15) is 28.7 Å². The molecular weight excluding hydrogens is 424 g/mol. The molecule has 0 aromatic heterocycles. The number of ether oxygens (including phenoxy) is 1. The second-order valence-corrected chi connectivity index (χ2v) is 8.71. The summed E-state index contributed by atoms with van der Waals surface area (Å²) in [6, 6.07) is 22.5. The first-order valence-corrected chi connectivity index (χ1v) is 11.0. The van der Waals surface area contributed by atoms with E-state index in [0.29, 0.717) is 31.1 Å². The largest absolute Gasteiger partial charge is 0.480 e. The van der Waals surface area contributed by atoms with Gasteiger partial charge < -0.3 is 15.6 Å². The molecule has 0 aliphatic carbocycles. The van der Waals surface area contributed by atoms with E-state index in [-0.39, 0.29) is 6.54 Å². The molecule has 0 fully saturated rings. The van der Waals surface area contributed by atoms with Gasteiger partial charge in [-0.3, -0.25) is 9.69 Å². The molecule has 0 saturated carbocycles. The van der Waals surface area contributed by atoms with E-state index in [0.717, 1.165) is 33.4 Å². The summed E-state index contributed by atoms with van der Waals surface area (Å²) >= 11 is 6.14. The van der Waals surface area contributed by atoms with Gasteiger partial charge in [-0.05, 0) is 65.0 Å². The number of rotatable bonds is 8. The van der Waals surface area contributed by atoms with Crippen LogP contribution in [-0.2, 0) is 28.3 Å². The molecular formula is C26H27ClN2O3. The molecule has 0 bridgehead atoms. The molecule has 32 heavy (non-hydrogen) atoms. The van der Waals surface area contributed by atoms with Crippen molar-refractivity contribution in [2.24, 2.45) is 5.73 Å². The summed E-state index contributed by atoms with van der Waals surface area (Å²) in [7, 11) is 1.81. The van der Waals surface area contributed by atoms with E-state index in [4.69, 9.17) is 27.2 Å². The van der Waals surface area contributed by atoms with Gasteiger partial charge in [-0.2, -0.15) is 0 Å². The number of hydrogen-bond donors (Lipinski definition) is 2. The van der Waals surface area contributed by atoms with Gasteiger partial charge in [-0.1, -0.05) is 60.1 Å². The molecule has 3 N–H and O–H groups in total. The molecule has 1 unspecified atom stereocenters. The smallest absolute Gasteiger partial charge is 0.317 e. The van der Waals surface area contributed by atoms with Crippen LogP contribution >= 0.6 is 11.6 Å². The number of nitrogens with two attached hydrogens (primary N) is 1. The van der Waals surface area contributed by atoms with Crippen molar-refractivity contribution in [3.63, 3.8) is 0 Å². The molecule has 1 heterocycles. The predicted octanol–water partition coefficient (Wildman–Crippen LogP) is 4.65. The molecule has 6 heteroatoms. The summed E-state index contributed by atoms with van der Waals surface area (Å²) in [5, 5.41) is 9.79. The van der Waals surface area contributed by atoms with Crippen LogP contribution in [0.25, 0.3) is 11.1 Å². The second-order valence-electron chi connectivity index (χ2n) is 8.28. The Morgan fingerprint density at radius 3 is 2.44 bits per heavy atom. The first kappa shape index (κ1) is 22.5. The number of carboxylic acids is 1. The van der Waals surface area contributed by atoms with Crippen molar-refractivity contribution in [3.8, 4) is 11.1 Å². The highest BCUT2D eigenvalue weighted by Gasteiger charge is 2.41. The van der Waals surface area contributed by atoms with Crippen LogP contribution in [0.2, 0.25) is 5.02 Å². The molecule has 3 aromatic rings. The van der Waals surface area contributed by atoms with E-state index in [1.54, 1.807) is 4.90 Å². The third kappa shape index (κ3) is 4.57. The highest BCUT2D eigenvalue weighted by Crippen LogP contribution is 2.46. The lowest BCUT2D eigenvalue weighted by Gasteiger charge is -2.32. The maximum atomic E-state index is 11.1. The maximum Gasteiger partial charge on any atom is 0.317 e. The summed E-state index contributed by atoms with van der Waals surface area (Å²) in [4.78, 5) is 12.9. The monoisotopic (exact) mass is 450 g/mol. The van der Waals surface area contributed by atoms with Crippen molar-refractivity contribution in [2.75, 3.05) is 20.1 Å². The Labute approximate surface area is 193 Å². The second kappa shape index (κ2) is 9.43. The lowest BCUT2D eigenvalue weighted by Crippen LogP contribution is -2.34. The Balaban J connectivity index is 1.69. The zero-order valence-corrected chi connectivity index (χ0v) is 18.8. The van der Waals surface area contributed by atoms with E-state index >= 15 is 0 Å².